The van der Waals surface area contributed by atoms with E-state index in [1.54, 1.807) is 5.57 Å². The van der Waals surface area contributed by atoms with Crippen molar-refractivity contribution in [3.05, 3.63) is 41.7 Å². The maximum Gasteiger partial charge on any atom is 0.119 e. The van der Waals surface area contributed by atoms with Gasteiger partial charge in [-0.25, -0.2) is 0 Å². The van der Waals surface area contributed by atoms with Gasteiger partial charge < -0.3 is 9.47 Å². The van der Waals surface area contributed by atoms with Crippen LogP contribution < -0.4 is 4.74 Å². The van der Waals surface area contributed by atoms with E-state index in [0.29, 0.717) is 6.61 Å². The van der Waals surface area contributed by atoms with Gasteiger partial charge >= 0.3 is 0 Å². The third-order valence-corrected chi connectivity index (χ3v) is 10.3. The number of hydrogen-bond donors (Lipinski definition) is 0. The Morgan fingerprint density at radius 1 is 1.04 bits per heavy atom. The van der Waals surface area contributed by atoms with Gasteiger partial charge in [-0.15, -0.1) is 0 Å². The monoisotopic (exact) mass is 383 g/mol. The third kappa shape index (κ3) is 4.28. The molecular formula is C24H35O2Si. The first-order chi connectivity index (χ1) is 12.9. The van der Waals surface area contributed by atoms with Crippen molar-refractivity contribution in [3.8, 4) is 5.75 Å². The SMILES string of the molecule is C[Si](C)C(C)(C)COc1cccc(COC=C2C3CC4CC(C3)CC2C4)c1. The average Bonchev–Trinajstić information content (AvgIpc) is 2.62. The fourth-order valence-electron chi connectivity index (χ4n) is 5.29. The van der Waals surface area contributed by atoms with Crippen molar-refractivity contribution in [2.45, 2.75) is 70.7 Å². The smallest absolute Gasteiger partial charge is 0.119 e. The lowest BCUT2D eigenvalue weighted by Gasteiger charge is -2.51. The molecule has 0 heterocycles. The summed E-state index contributed by atoms with van der Waals surface area (Å²) in [5, 5.41) is 0.279. The Hall–Kier alpha value is -1.22. The molecule has 0 aliphatic heterocycles. The van der Waals surface area contributed by atoms with Crippen LogP contribution in [0.1, 0.15) is 51.5 Å². The van der Waals surface area contributed by atoms with E-state index in [-0.39, 0.29) is 13.8 Å². The van der Waals surface area contributed by atoms with E-state index in [2.05, 4.69) is 57.5 Å². The fraction of sp³-hybridized carbons (Fsp3) is 0.667. The minimum absolute atomic E-state index is 0.279. The fourth-order valence-corrected chi connectivity index (χ4v) is 5.65. The summed E-state index contributed by atoms with van der Waals surface area (Å²) < 4.78 is 12.2. The normalized spacial score (nSPS) is 29.3. The Labute approximate surface area is 166 Å². The summed E-state index contributed by atoms with van der Waals surface area (Å²) in [6, 6.07) is 8.43. The first-order valence-corrected chi connectivity index (χ1v) is 13.2. The molecule has 2 nitrogen and oxygen atoms in total. The van der Waals surface area contributed by atoms with Crippen molar-refractivity contribution in [2.24, 2.45) is 23.7 Å². The maximum absolute atomic E-state index is 6.10. The van der Waals surface area contributed by atoms with Crippen LogP contribution in [0, 0.1) is 23.7 Å². The number of ether oxygens (including phenoxy) is 2. The average molecular weight is 384 g/mol. The van der Waals surface area contributed by atoms with Crippen LogP contribution in [0.2, 0.25) is 18.1 Å². The van der Waals surface area contributed by atoms with Crippen LogP contribution >= 0.6 is 0 Å². The Kier molecular flexibility index (Phi) is 5.42. The van der Waals surface area contributed by atoms with E-state index >= 15 is 0 Å². The maximum atomic E-state index is 6.10. The van der Waals surface area contributed by atoms with E-state index < -0.39 is 0 Å². The molecule has 1 aromatic carbocycles. The van der Waals surface area contributed by atoms with Crippen LogP contribution in [0.5, 0.6) is 5.75 Å². The highest BCUT2D eigenvalue weighted by atomic mass is 28.3. The number of hydrogen-bond acceptors (Lipinski definition) is 2. The lowest BCUT2D eigenvalue weighted by Crippen LogP contribution is -2.40. The standard InChI is InChI=1S/C24H35O2Si/c1-24(2,27(3)4)16-26-22-7-5-6-17(13-22)14-25-15-23-20-9-18-8-19(11-20)12-21(23)10-18/h5-7,13,15,18-21H,8-12,14,16H2,1-4H3. The summed E-state index contributed by atoms with van der Waals surface area (Å²) in [5.74, 6) is 4.62. The van der Waals surface area contributed by atoms with E-state index in [4.69, 9.17) is 9.47 Å². The minimum Gasteiger partial charge on any atom is -0.497 e. The van der Waals surface area contributed by atoms with Crippen LogP contribution in [0.15, 0.2) is 36.1 Å². The molecule has 4 aliphatic carbocycles. The van der Waals surface area contributed by atoms with Crippen molar-refractivity contribution in [3.63, 3.8) is 0 Å². The second-order valence-electron chi connectivity index (χ2n) is 10.1. The van der Waals surface area contributed by atoms with Gasteiger partial charge in [-0.1, -0.05) is 39.1 Å². The van der Waals surface area contributed by atoms with Gasteiger partial charge in [-0.05, 0) is 84.1 Å². The Morgan fingerprint density at radius 3 is 2.33 bits per heavy atom. The first kappa shape index (κ1) is 19.1. The molecule has 0 aromatic heterocycles. The molecule has 147 valence electrons. The molecule has 3 heteroatoms. The predicted octanol–water partition coefficient (Wildman–Crippen LogP) is 6.46. The van der Waals surface area contributed by atoms with E-state index in [1.165, 1.54) is 37.7 Å². The minimum atomic E-state index is -0.382. The molecule has 1 radical (unpaired) electrons. The summed E-state index contributed by atoms with van der Waals surface area (Å²) in [7, 11) is -0.382. The van der Waals surface area contributed by atoms with Crippen molar-refractivity contribution < 1.29 is 9.47 Å². The molecule has 1 aromatic rings. The summed E-state index contributed by atoms with van der Waals surface area (Å²) >= 11 is 0. The van der Waals surface area contributed by atoms with Crippen molar-refractivity contribution in [1.29, 1.82) is 0 Å². The molecule has 4 fully saturated rings. The summed E-state index contributed by atoms with van der Waals surface area (Å²) in [6.45, 7) is 10.8. The zero-order valence-electron chi connectivity index (χ0n) is 17.5. The summed E-state index contributed by atoms with van der Waals surface area (Å²) in [4.78, 5) is 0. The molecule has 5 rings (SSSR count). The number of allylic oxidation sites excluding steroid dienone is 1. The molecule has 0 amide bonds. The van der Waals surface area contributed by atoms with Gasteiger partial charge in [-0.3, -0.25) is 0 Å². The number of benzene rings is 1. The first-order valence-electron chi connectivity index (χ1n) is 10.7. The molecule has 27 heavy (non-hydrogen) atoms. The highest BCUT2D eigenvalue weighted by Crippen LogP contribution is 2.56. The van der Waals surface area contributed by atoms with Crippen molar-refractivity contribution in [1.82, 2.24) is 0 Å². The predicted molar refractivity (Wildman–Crippen MR) is 113 cm³/mol. The highest BCUT2D eigenvalue weighted by molar-refractivity contribution is 6.59. The molecule has 0 spiro atoms. The van der Waals surface area contributed by atoms with E-state index in [1.807, 2.05) is 0 Å². The Balaban J connectivity index is 1.33. The van der Waals surface area contributed by atoms with Gasteiger partial charge in [0.15, 0.2) is 0 Å². The van der Waals surface area contributed by atoms with Crippen molar-refractivity contribution in [2.75, 3.05) is 6.61 Å². The van der Waals surface area contributed by atoms with Crippen LogP contribution in [0.3, 0.4) is 0 Å². The lowest BCUT2D eigenvalue weighted by molar-refractivity contribution is 0.0632. The Bertz CT molecular complexity index is 661. The van der Waals surface area contributed by atoms with Crippen LogP contribution in [-0.4, -0.2) is 15.4 Å². The van der Waals surface area contributed by atoms with Crippen LogP contribution in [-0.2, 0) is 11.3 Å². The topological polar surface area (TPSA) is 18.5 Å². The lowest BCUT2D eigenvalue weighted by atomic mass is 9.54. The molecule has 0 atom stereocenters. The molecule has 4 saturated carbocycles. The van der Waals surface area contributed by atoms with Gasteiger partial charge in [-0.2, -0.15) is 0 Å². The van der Waals surface area contributed by atoms with Crippen LogP contribution in [0.4, 0.5) is 0 Å². The van der Waals surface area contributed by atoms with Crippen LogP contribution in [0.25, 0.3) is 0 Å². The van der Waals surface area contributed by atoms with E-state index in [9.17, 15) is 0 Å². The summed E-state index contributed by atoms with van der Waals surface area (Å²) in [6.07, 6.45) is 9.30. The zero-order chi connectivity index (χ0) is 19.0. The molecule has 0 N–H and O–H groups in total. The van der Waals surface area contributed by atoms with Gasteiger partial charge in [0.1, 0.15) is 12.4 Å². The second-order valence-corrected chi connectivity index (χ2v) is 13.4. The third-order valence-electron chi connectivity index (χ3n) is 7.40. The molecule has 4 aliphatic rings. The quantitative estimate of drug-likeness (QED) is 0.397. The van der Waals surface area contributed by atoms with Crippen molar-refractivity contribution >= 4 is 8.80 Å². The Morgan fingerprint density at radius 2 is 1.70 bits per heavy atom. The molecule has 0 unspecified atom stereocenters. The molecule has 0 saturated heterocycles. The van der Waals surface area contributed by atoms with Gasteiger partial charge in [0.2, 0.25) is 0 Å². The largest absolute Gasteiger partial charge is 0.497 e. The highest BCUT2D eigenvalue weighted by Gasteiger charge is 2.45. The van der Waals surface area contributed by atoms with Gasteiger partial charge in [0, 0.05) is 0 Å². The van der Waals surface area contributed by atoms with E-state index in [0.717, 1.165) is 36.0 Å². The van der Waals surface area contributed by atoms with Gasteiger partial charge in [0.05, 0.1) is 21.7 Å². The zero-order valence-corrected chi connectivity index (χ0v) is 18.5. The summed E-state index contributed by atoms with van der Waals surface area (Å²) in [5.41, 5.74) is 2.82. The van der Waals surface area contributed by atoms with Gasteiger partial charge in [0.25, 0.3) is 0 Å². The number of rotatable bonds is 7. The molecule has 4 bridgehead atoms. The molecular weight excluding hydrogens is 348 g/mol. The second kappa shape index (κ2) is 7.65.